The summed E-state index contributed by atoms with van der Waals surface area (Å²) in [6.07, 6.45) is 1.71. The Bertz CT molecular complexity index is 711. The van der Waals surface area contributed by atoms with Crippen molar-refractivity contribution < 1.29 is 13.2 Å². The van der Waals surface area contributed by atoms with E-state index in [1.54, 1.807) is 0 Å². The molecule has 5 nitrogen and oxygen atoms in total. The van der Waals surface area contributed by atoms with Gasteiger partial charge in [-0.25, -0.2) is 8.42 Å². The molecule has 130 valence electrons. The minimum Gasteiger partial charge on any atom is -0.340 e. The molecule has 2 saturated heterocycles. The fraction of sp³-hybridized carbons (Fsp3) is 0.611. The van der Waals surface area contributed by atoms with E-state index >= 15 is 0 Å². The minimum atomic E-state index is -2.84. The normalized spacial score (nSPS) is 32.7. The Hall–Kier alpha value is -1.40. The van der Waals surface area contributed by atoms with Gasteiger partial charge in [0, 0.05) is 38.1 Å². The Morgan fingerprint density at radius 1 is 1.04 bits per heavy atom. The van der Waals surface area contributed by atoms with Crippen LogP contribution in [-0.4, -0.2) is 67.9 Å². The average molecular weight is 348 g/mol. The van der Waals surface area contributed by atoms with E-state index < -0.39 is 9.84 Å². The Labute approximate surface area is 143 Å². The zero-order valence-electron chi connectivity index (χ0n) is 13.8. The number of piperazine rings is 1. The number of nitrogens with zero attached hydrogens (tertiary/aromatic N) is 2. The lowest BCUT2D eigenvalue weighted by molar-refractivity contribution is -0.134. The van der Waals surface area contributed by atoms with Crippen LogP contribution in [0.5, 0.6) is 0 Å². The van der Waals surface area contributed by atoms with Crippen LogP contribution in [0.2, 0.25) is 0 Å². The molecule has 0 bridgehead atoms. The molecule has 0 N–H and O–H groups in total. The van der Waals surface area contributed by atoms with Crippen molar-refractivity contribution in [1.82, 2.24) is 9.80 Å². The Balaban J connectivity index is 1.30. The standard InChI is InChI=1S/C18H24N2O3S/c21-18(17-12-16(17)14-4-2-1-3-5-14)20-9-7-19(8-10-20)15-6-11-24(22,23)13-15/h1-5,15-17H,6-13H2/t15-,16+,17-/m1/s1. The molecular weight excluding hydrogens is 324 g/mol. The van der Waals surface area contributed by atoms with Gasteiger partial charge in [-0.05, 0) is 24.3 Å². The van der Waals surface area contributed by atoms with Crippen LogP contribution < -0.4 is 0 Å². The molecule has 0 radical (unpaired) electrons. The first-order valence-corrected chi connectivity index (χ1v) is 10.6. The van der Waals surface area contributed by atoms with Crippen molar-refractivity contribution in [1.29, 1.82) is 0 Å². The van der Waals surface area contributed by atoms with E-state index in [0.717, 1.165) is 39.0 Å². The third kappa shape index (κ3) is 3.22. The molecule has 2 aliphatic heterocycles. The highest BCUT2D eigenvalue weighted by Gasteiger charge is 2.46. The molecule has 3 aliphatic rings. The van der Waals surface area contributed by atoms with Crippen molar-refractivity contribution >= 4 is 15.7 Å². The molecular formula is C18H24N2O3S. The van der Waals surface area contributed by atoms with Gasteiger partial charge < -0.3 is 4.90 Å². The quantitative estimate of drug-likeness (QED) is 0.821. The van der Waals surface area contributed by atoms with Gasteiger partial charge in [0.05, 0.1) is 11.5 Å². The maximum atomic E-state index is 12.7. The Kier molecular flexibility index (Phi) is 4.12. The third-order valence-electron chi connectivity index (χ3n) is 5.69. The number of amides is 1. The molecule has 1 aromatic rings. The van der Waals surface area contributed by atoms with Crippen LogP contribution in [0.15, 0.2) is 30.3 Å². The summed E-state index contributed by atoms with van der Waals surface area (Å²) in [7, 11) is -2.84. The van der Waals surface area contributed by atoms with Crippen molar-refractivity contribution in [3.63, 3.8) is 0 Å². The third-order valence-corrected chi connectivity index (χ3v) is 7.44. The van der Waals surface area contributed by atoms with E-state index in [1.807, 2.05) is 23.1 Å². The van der Waals surface area contributed by atoms with Gasteiger partial charge in [-0.1, -0.05) is 30.3 Å². The number of rotatable bonds is 3. The zero-order valence-corrected chi connectivity index (χ0v) is 14.6. The molecule has 0 aromatic heterocycles. The second kappa shape index (κ2) is 6.15. The van der Waals surface area contributed by atoms with E-state index in [-0.39, 0.29) is 17.9 Å². The number of hydrogen-bond donors (Lipinski definition) is 0. The van der Waals surface area contributed by atoms with E-state index in [1.165, 1.54) is 5.56 Å². The lowest BCUT2D eigenvalue weighted by atomic mass is 10.1. The lowest BCUT2D eigenvalue weighted by Crippen LogP contribution is -2.52. The number of carbonyl (C=O) groups is 1. The largest absolute Gasteiger partial charge is 0.340 e. The topological polar surface area (TPSA) is 57.7 Å². The van der Waals surface area contributed by atoms with Crippen LogP contribution in [0.1, 0.15) is 24.3 Å². The van der Waals surface area contributed by atoms with Gasteiger partial charge in [0.15, 0.2) is 9.84 Å². The summed E-state index contributed by atoms with van der Waals surface area (Å²) in [6, 6.07) is 10.4. The first-order valence-electron chi connectivity index (χ1n) is 8.82. The maximum Gasteiger partial charge on any atom is 0.226 e. The van der Waals surface area contributed by atoms with Crippen molar-refractivity contribution in [2.24, 2.45) is 5.92 Å². The fourth-order valence-electron chi connectivity index (χ4n) is 4.14. The summed E-state index contributed by atoms with van der Waals surface area (Å²) < 4.78 is 23.3. The maximum absolute atomic E-state index is 12.7. The van der Waals surface area contributed by atoms with E-state index in [2.05, 4.69) is 17.0 Å². The second-order valence-electron chi connectivity index (χ2n) is 7.28. The highest BCUT2D eigenvalue weighted by Crippen LogP contribution is 2.48. The van der Waals surface area contributed by atoms with Crippen LogP contribution in [0.25, 0.3) is 0 Å². The Morgan fingerprint density at radius 3 is 2.38 bits per heavy atom. The molecule has 24 heavy (non-hydrogen) atoms. The van der Waals surface area contributed by atoms with E-state index in [9.17, 15) is 13.2 Å². The minimum absolute atomic E-state index is 0.144. The van der Waals surface area contributed by atoms with Crippen LogP contribution in [-0.2, 0) is 14.6 Å². The second-order valence-corrected chi connectivity index (χ2v) is 9.51. The molecule has 1 saturated carbocycles. The molecule has 1 aliphatic carbocycles. The van der Waals surface area contributed by atoms with Crippen LogP contribution in [0, 0.1) is 5.92 Å². The van der Waals surface area contributed by atoms with Gasteiger partial charge in [0.1, 0.15) is 0 Å². The van der Waals surface area contributed by atoms with Gasteiger partial charge in [-0.15, -0.1) is 0 Å². The monoisotopic (exact) mass is 348 g/mol. The molecule has 1 amide bonds. The van der Waals surface area contributed by atoms with Crippen LogP contribution in [0.3, 0.4) is 0 Å². The highest BCUT2D eigenvalue weighted by molar-refractivity contribution is 7.91. The van der Waals surface area contributed by atoms with Crippen LogP contribution in [0.4, 0.5) is 0 Å². The number of hydrogen-bond acceptors (Lipinski definition) is 4. The molecule has 2 heterocycles. The van der Waals surface area contributed by atoms with Crippen molar-refractivity contribution in [3.05, 3.63) is 35.9 Å². The molecule has 1 aromatic carbocycles. The average Bonchev–Trinajstić information content (AvgIpc) is 3.32. The first-order chi connectivity index (χ1) is 11.5. The van der Waals surface area contributed by atoms with Gasteiger partial charge in [-0.3, -0.25) is 9.69 Å². The Morgan fingerprint density at radius 2 is 1.75 bits per heavy atom. The summed E-state index contributed by atoms with van der Waals surface area (Å²) >= 11 is 0. The summed E-state index contributed by atoms with van der Waals surface area (Å²) in [5.41, 5.74) is 1.27. The SMILES string of the molecule is O=C([C@@H]1C[C@H]1c1ccccc1)N1CCN([C@@H]2CCS(=O)(=O)C2)CC1. The number of benzene rings is 1. The van der Waals surface area contributed by atoms with Crippen molar-refractivity contribution in [2.45, 2.75) is 24.8 Å². The zero-order chi connectivity index (χ0) is 16.7. The van der Waals surface area contributed by atoms with Crippen molar-refractivity contribution in [3.8, 4) is 0 Å². The molecule has 3 fully saturated rings. The van der Waals surface area contributed by atoms with E-state index in [4.69, 9.17) is 0 Å². The van der Waals surface area contributed by atoms with Crippen LogP contribution >= 0.6 is 0 Å². The van der Waals surface area contributed by atoms with Gasteiger partial charge in [0.2, 0.25) is 5.91 Å². The first kappa shape index (κ1) is 16.1. The smallest absolute Gasteiger partial charge is 0.226 e. The lowest BCUT2D eigenvalue weighted by Gasteiger charge is -2.37. The highest BCUT2D eigenvalue weighted by atomic mass is 32.2. The molecule has 0 unspecified atom stereocenters. The summed E-state index contributed by atoms with van der Waals surface area (Å²) in [5, 5.41) is 0. The fourth-order valence-corrected chi connectivity index (χ4v) is 5.90. The van der Waals surface area contributed by atoms with Crippen molar-refractivity contribution in [2.75, 3.05) is 37.7 Å². The predicted octanol–water partition coefficient (Wildman–Crippen LogP) is 1.12. The molecule has 4 rings (SSSR count). The van der Waals surface area contributed by atoms with Gasteiger partial charge in [-0.2, -0.15) is 0 Å². The van der Waals surface area contributed by atoms with Gasteiger partial charge >= 0.3 is 0 Å². The molecule has 6 heteroatoms. The van der Waals surface area contributed by atoms with Gasteiger partial charge in [0.25, 0.3) is 0 Å². The van der Waals surface area contributed by atoms with E-state index in [0.29, 0.717) is 17.4 Å². The molecule has 0 spiro atoms. The molecule has 3 atom stereocenters. The number of sulfone groups is 1. The summed E-state index contributed by atoms with van der Waals surface area (Å²) in [4.78, 5) is 16.9. The number of carbonyl (C=O) groups excluding carboxylic acids is 1. The summed E-state index contributed by atoms with van der Waals surface area (Å²) in [5.74, 6) is 1.42. The summed E-state index contributed by atoms with van der Waals surface area (Å²) in [6.45, 7) is 3.06. The predicted molar refractivity (Wildman–Crippen MR) is 92.5 cm³/mol.